The molecule has 1 heterocycles. The molecule has 0 saturated heterocycles. The molecule has 28 heavy (non-hydrogen) atoms. The van der Waals surface area contributed by atoms with E-state index < -0.39 is 11.8 Å². The van der Waals surface area contributed by atoms with Gasteiger partial charge in [0, 0.05) is 10.9 Å². The Kier molecular flexibility index (Phi) is 5.39. The number of nitrogens with zero attached hydrogens (tertiary/aromatic N) is 2. The SMILES string of the molecule is COc1cccc(C(=O)NNC(=O)c2nn(C(C)C)c(=O)c3ccccc23)c1. The summed E-state index contributed by atoms with van der Waals surface area (Å²) in [6.07, 6.45) is 0. The van der Waals surface area contributed by atoms with E-state index in [1.807, 2.05) is 0 Å². The first kappa shape index (κ1) is 19.1. The number of hydrazine groups is 1. The van der Waals surface area contributed by atoms with E-state index in [1.165, 1.54) is 11.8 Å². The number of benzene rings is 2. The average molecular weight is 380 g/mol. The van der Waals surface area contributed by atoms with Crippen LogP contribution in [0.15, 0.2) is 53.3 Å². The average Bonchev–Trinajstić information content (AvgIpc) is 2.72. The highest BCUT2D eigenvalue weighted by Crippen LogP contribution is 2.15. The van der Waals surface area contributed by atoms with Crippen molar-refractivity contribution in [1.29, 1.82) is 0 Å². The van der Waals surface area contributed by atoms with Crippen LogP contribution in [0.1, 0.15) is 40.7 Å². The van der Waals surface area contributed by atoms with Crippen molar-refractivity contribution in [2.75, 3.05) is 7.11 Å². The van der Waals surface area contributed by atoms with Gasteiger partial charge in [-0.2, -0.15) is 5.10 Å². The van der Waals surface area contributed by atoms with Gasteiger partial charge in [0.05, 0.1) is 18.5 Å². The molecular weight excluding hydrogens is 360 g/mol. The molecule has 0 radical (unpaired) electrons. The minimum atomic E-state index is -0.623. The van der Waals surface area contributed by atoms with Gasteiger partial charge in [0.1, 0.15) is 5.75 Å². The smallest absolute Gasteiger partial charge is 0.290 e. The van der Waals surface area contributed by atoms with Crippen LogP contribution in [-0.2, 0) is 0 Å². The highest BCUT2D eigenvalue weighted by molar-refractivity contribution is 6.06. The topological polar surface area (TPSA) is 102 Å². The van der Waals surface area contributed by atoms with Gasteiger partial charge in [-0.15, -0.1) is 0 Å². The molecule has 144 valence electrons. The van der Waals surface area contributed by atoms with E-state index >= 15 is 0 Å². The molecule has 3 aromatic rings. The second-order valence-corrected chi connectivity index (χ2v) is 6.38. The standard InChI is InChI=1S/C20H20N4O4/c1-12(2)24-20(27)16-10-5-4-9-15(16)17(23-24)19(26)22-21-18(25)13-7-6-8-14(11-13)28-3/h4-12H,1-3H3,(H,21,25)(H,22,26). The van der Waals surface area contributed by atoms with Crippen LogP contribution in [0.3, 0.4) is 0 Å². The van der Waals surface area contributed by atoms with Crippen LogP contribution in [0.25, 0.3) is 10.8 Å². The number of rotatable bonds is 4. The first-order valence-corrected chi connectivity index (χ1v) is 8.68. The molecule has 0 fully saturated rings. The minimum absolute atomic E-state index is 0.0508. The van der Waals surface area contributed by atoms with Crippen LogP contribution >= 0.6 is 0 Å². The molecule has 0 aliphatic heterocycles. The lowest BCUT2D eigenvalue weighted by atomic mass is 10.1. The molecule has 2 amide bonds. The van der Waals surface area contributed by atoms with Gasteiger partial charge in [-0.1, -0.05) is 24.3 Å². The van der Waals surface area contributed by atoms with E-state index in [-0.39, 0.29) is 17.3 Å². The lowest BCUT2D eigenvalue weighted by Crippen LogP contribution is -2.43. The maximum atomic E-state index is 12.7. The molecule has 8 nitrogen and oxygen atoms in total. The van der Waals surface area contributed by atoms with E-state index in [0.717, 1.165) is 0 Å². The molecule has 1 aromatic heterocycles. The first-order valence-electron chi connectivity index (χ1n) is 8.68. The summed E-state index contributed by atoms with van der Waals surface area (Å²) in [5.41, 5.74) is 4.81. The van der Waals surface area contributed by atoms with Crippen LogP contribution in [-0.4, -0.2) is 28.7 Å². The van der Waals surface area contributed by atoms with Crippen molar-refractivity contribution in [2.45, 2.75) is 19.9 Å². The van der Waals surface area contributed by atoms with Crippen molar-refractivity contribution in [2.24, 2.45) is 0 Å². The zero-order valence-electron chi connectivity index (χ0n) is 15.7. The summed E-state index contributed by atoms with van der Waals surface area (Å²) in [6.45, 7) is 3.60. The number of aromatic nitrogens is 2. The number of ether oxygens (including phenoxy) is 1. The minimum Gasteiger partial charge on any atom is -0.497 e. The van der Waals surface area contributed by atoms with Gasteiger partial charge in [0.15, 0.2) is 5.69 Å². The summed E-state index contributed by atoms with van der Waals surface area (Å²) in [5, 5.41) is 5.00. The van der Waals surface area contributed by atoms with Gasteiger partial charge < -0.3 is 4.74 Å². The molecule has 0 spiro atoms. The quantitative estimate of drug-likeness (QED) is 0.675. The van der Waals surface area contributed by atoms with Crippen molar-refractivity contribution in [3.8, 4) is 5.75 Å². The van der Waals surface area contributed by atoms with E-state index in [4.69, 9.17) is 4.74 Å². The Hall–Kier alpha value is -3.68. The Labute approximate surface area is 161 Å². The normalized spacial score (nSPS) is 10.7. The third-order valence-corrected chi connectivity index (χ3v) is 4.15. The summed E-state index contributed by atoms with van der Waals surface area (Å²) >= 11 is 0. The van der Waals surface area contributed by atoms with Crippen molar-refractivity contribution in [1.82, 2.24) is 20.6 Å². The number of amides is 2. The zero-order chi connectivity index (χ0) is 20.3. The van der Waals surface area contributed by atoms with Crippen LogP contribution in [0, 0.1) is 0 Å². The number of fused-ring (bicyclic) bond motifs is 1. The lowest BCUT2D eigenvalue weighted by molar-refractivity contribution is 0.0843. The predicted molar refractivity (Wildman–Crippen MR) is 104 cm³/mol. The Morgan fingerprint density at radius 2 is 1.68 bits per heavy atom. The summed E-state index contributed by atoms with van der Waals surface area (Å²) in [7, 11) is 1.50. The van der Waals surface area contributed by atoms with E-state index in [1.54, 1.807) is 62.4 Å². The van der Waals surface area contributed by atoms with Crippen LogP contribution in [0.4, 0.5) is 0 Å². The second-order valence-electron chi connectivity index (χ2n) is 6.38. The van der Waals surface area contributed by atoms with Gasteiger partial charge in [-0.25, -0.2) is 4.68 Å². The Bertz CT molecular complexity index is 1100. The van der Waals surface area contributed by atoms with Gasteiger partial charge in [-0.05, 0) is 38.1 Å². The molecule has 0 atom stereocenters. The van der Waals surface area contributed by atoms with Crippen molar-refractivity contribution in [3.63, 3.8) is 0 Å². The van der Waals surface area contributed by atoms with Gasteiger partial charge in [0.25, 0.3) is 17.4 Å². The highest BCUT2D eigenvalue weighted by Gasteiger charge is 2.18. The highest BCUT2D eigenvalue weighted by atomic mass is 16.5. The number of nitrogens with one attached hydrogen (secondary N) is 2. The number of carbonyl (C=O) groups is 2. The van der Waals surface area contributed by atoms with Crippen molar-refractivity contribution < 1.29 is 14.3 Å². The molecule has 2 N–H and O–H groups in total. The summed E-state index contributed by atoms with van der Waals surface area (Å²) in [6, 6.07) is 13.0. The second kappa shape index (κ2) is 7.91. The number of hydrogen-bond acceptors (Lipinski definition) is 5. The van der Waals surface area contributed by atoms with Crippen LogP contribution in [0.2, 0.25) is 0 Å². The number of hydrogen-bond donors (Lipinski definition) is 2. The van der Waals surface area contributed by atoms with Gasteiger partial charge in [-0.3, -0.25) is 25.2 Å². The molecule has 0 aliphatic carbocycles. The molecule has 3 rings (SSSR count). The Morgan fingerprint density at radius 3 is 2.36 bits per heavy atom. The summed E-state index contributed by atoms with van der Waals surface area (Å²) in [5.74, 6) is -0.605. The monoisotopic (exact) mass is 380 g/mol. The third-order valence-electron chi connectivity index (χ3n) is 4.15. The third kappa shape index (κ3) is 3.71. The number of methoxy groups -OCH3 is 1. The maximum Gasteiger partial charge on any atom is 0.290 e. The van der Waals surface area contributed by atoms with E-state index in [0.29, 0.717) is 22.1 Å². The van der Waals surface area contributed by atoms with E-state index in [9.17, 15) is 14.4 Å². The maximum absolute atomic E-state index is 12.7. The first-order chi connectivity index (χ1) is 13.4. The molecule has 0 aliphatic rings. The molecular formula is C20H20N4O4. The summed E-state index contributed by atoms with van der Waals surface area (Å²) < 4.78 is 6.34. The van der Waals surface area contributed by atoms with E-state index in [2.05, 4.69) is 16.0 Å². The fraction of sp³-hybridized carbons (Fsp3) is 0.200. The van der Waals surface area contributed by atoms with Gasteiger partial charge >= 0.3 is 0 Å². The fourth-order valence-electron chi connectivity index (χ4n) is 2.73. The predicted octanol–water partition coefficient (Wildman–Crippen LogP) is 2.06. The van der Waals surface area contributed by atoms with Crippen molar-refractivity contribution in [3.05, 3.63) is 70.1 Å². The Morgan fingerprint density at radius 1 is 1.00 bits per heavy atom. The molecule has 0 unspecified atom stereocenters. The fourth-order valence-corrected chi connectivity index (χ4v) is 2.73. The van der Waals surface area contributed by atoms with Crippen LogP contribution < -0.4 is 21.1 Å². The molecule has 0 bridgehead atoms. The zero-order valence-corrected chi connectivity index (χ0v) is 15.7. The molecule has 8 heteroatoms. The lowest BCUT2D eigenvalue weighted by Gasteiger charge is -2.14. The summed E-state index contributed by atoms with van der Waals surface area (Å²) in [4.78, 5) is 37.5. The van der Waals surface area contributed by atoms with Gasteiger partial charge in [0.2, 0.25) is 0 Å². The van der Waals surface area contributed by atoms with Crippen molar-refractivity contribution >= 4 is 22.6 Å². The Balaban J connectivity index is 1.88. The van der Waals surface area contributed by atoms with Crippen LogP contribution in [0.5, 0.6) is 5.75 Å². The number of carbonyl (C=O) groups excluding carboxylic acids is 2. The molecule has 2 aromatic carbocycles. The molecule has 0 saturated carbocycles. The largest absolute Gasteiger partial charge is 0.497 e.